The summed E-state index contributed by atoms with van der Waals surface area (Å²) in [6, 6.07) is 0. The standard InChI is InChI=1S/C16H26N2/c1-13(2)17-11-5-7-14(3)9-10-16-8-6-12-18-15(16)4/h9-10,17-18H,1,3,5-8,11-12H2,2,4H3/b10-9-. The molecule has 0 aromatic rings. The summed E-state index contributed by atoms with van der Waals surface area (Å²) in [5.41, 5.74) is 4.96. The molecule has 0 spiro atoms. The van der Waals surface area contributed by atoms with Crippen LogP contribution in [0.3, 0.4) is 0 Å². The summed E-state index contributed by atoms with van der Waals surface area (Å²) in [6.07, 6.45) is 8.93. The molecule has 0 aromatic heterocycles. The van der Waals surface area contributed by atoms with Crippen LogP contribution in [0.25, 0.3) is 0 Å². The molecule has 1 rings (SSSR count). The Kier molecular flexibility index (Phi) is 6.34. The highest BCUT2D eigenvalue weighted by Gasteiger charge is 2.04. The first-order valence-corrected chi connectivity index (χ1v) is 6.78. The van der Waals surface area contributed by atoms with Gasteiger partial charge in [0.15, 0.2) is 0 Å². The van der Waals surface area contributed by atoms with E-state index < -0.39 is 0 Å². The number of hydrogen-bond donors (Lipinski definition) is 2. The van der Waals surface area contributed by atoms with Gasteiger partial charge in [-0.2, -0.15) is 0 Å². The smallest absolute Gasteiger partial charge is 0.0147 e. The lowest BCUT2D eigenvalue weighted by Gasteiger charge is -2.17. The molecule has 100 valence electrons. The third-order valence-electron chi connectivity index (χ3n) is 3.12. The van der Waals surface area contributed by atoms with E-state index in [9.17, 15) is 0 Å². The van der Waals surface area contributed by atoms with E-state index in [2.05, 4.69) is 42.9 Å². The molecular formula is C16H26N2. The predicted molar refractivity (Wildman–Crippen MR) is 80.3 cm³/mol. The molecule has 1 aliphatic rings. The van der Waals surface area contributed by atoms with Crippen LogP contribution in [0.1, 0.15) is 39.5 Å². The molecule has 0 atom stereocenters. The molecule has 0 aromatic carbocycles. The van der Waals surface area contributed by atoms with Crippen LogP contribution in [0, 0.1) is 0 Å². The van der Waals surface area contributed by atoms with Crippen LogP contribution >= 0.6 is 0 Å². The molecule has 2 heteroatoms. The maximum atomic E-state index is 4.10. The minimum absolute atomic E-state index is 0.978. The topological polar surface area (TPSA) is 24.1 Å². The highest BCUT2D eigenvalue weighted by molar-refractivity contribution is 5.30. The highest BCUT2D eigenvalue weighted by atomic mass is 14.9. The third-order valence-corrected chi connectivity index (χ3v) is 3.12. The Morgan fingerprint density at radius 2 is 2.22 bits per heavy atom. The largest absolute Gasteiger partial charge is 0.389 e. The van der Waals surface area contributed by atoms with Crippen LogP contribution < -0.4 is 10.6 Å². The Hall–Kier alpha value is -1.44. The van der Waals surface area contributed by atoms with E-state index >= 15 is 0 Å². The van der Waals surface area contributed by atoms with Gasteiger partial charge in [-0.05, 0) is 45.1 Å². The molecule has 1 heterocycles. The average Bonchev–Trinajstić information content (AvgIpc) is 2.33. The minimum atomic E-state index is 0.978. The molecule has 0 fully saturated rings. The molecule has 0 saturated heterocycles. The summed E-state index contributed by atoms with van der Waals surface area (Å²) in [6.45, 7) is 14.1. The average molecular weight is 246 g/mol. The monoisotopic (exact) mass is 246 g/mol. The normalized spacial score (nSPS) is 15.7. The van der Waals surface area contributed by atoms with E-state index in [0.717, 1.165) is 31.6 Å². The molecule has 0 aliphatic carbocycles. The summed E-state index contributed by atoms with van der Waals surface area (Å²) >= 11 is 0. The highest BCUT2D eigenvalue weighted by Crippen LogP contribution is 2.16. The Morgan fingerprint density at radius 3 is 2.89 bits per heavy atom. The van der Waals surface area contributed by atoms with Crippen molar-refractivity contribution in [2.24, 2.45) is 0 Å². The minimum Gasteiger partial charge on any atom is -0.389 e. The second kappa shape index (κ2) is 7.80. The van der Waals surface area contributed by atoms with Crippen molar-refractivity contribution in [2.45, 2.75) is 39.5 Å². The van der Waals surface area contributed by atoms with Gasteiger partial charge in [-0.25, -0.2) is 0 Å². The zero-order chi connectivity index (χ0) is 13.4. The lowest BCUT2D eigenvalue weighted by molar-refractivity contribution is 0.671. The second-order valence-corrected chi connectivity index (χ2v) is 4.98. The van der Waals surface area contributed by atoms with Crippen molar-refractivity contribution >= 4 is 0 Å². The van der Waals surface area contributed by atoms with E-state index in [4.69, 9.17) is 0 Å². The number of allylic oxidation sites excluding steroid dienone is 6. The van der Waals surface area contributed by atoms with Crippen molar-refractivity contribution in [1.29, 1.82) is 0 Å². The van der Waals surface area contributed by atoms with Gasteiger partial charge in [-0.3, -0.25) is 0 Å². The fraction of sp³-hybridized carbons (Fsp3) is 0.500. The molecule has 2 nitrogen and oxygen atoms in total. The van der Waals surface area contributed by atoms with E-state index in [1.807, 2.05) is 6.92 Å². The molecule has 0 amide bonds. The van der Waals surface area contributed by atoms with Gasteiger partial charge in [0, 0.05) is 24.5 Å². The van der Waals surface area contributed by atoms with Crippen LogP contribution in [0.15, 0.2) is 47.9 Å². The maximum absolute atomic E-state index is 4.10. The van der Waals surface area contributed by atoms with Gasteiger partial charge in [0.05, 0.1) is 0 Å². The fourth-order valence-corrected chi connectivity index (χ4v) is 1.98. The molecule has 0 saturated carbocycles. The summed E-state index contributed by atoms with van der Waals surface area (Å²) in [5.74, 6) is 0. The molecule has 18 heavy (non-hydrogen) atoms. The Bertz CT molecular complexity index is 361. The lowest BCUT2D eigenvalue weighted by atomic mass is 10.0. The van der Waals surface area contributed by atoms with Crippen molar-refractivity contribution in [3.8, 4) is 0 Å². The van der Waals surface area contributed by atoms with Gasteiger partial charge >= 0.3 is 0 Å². The zero-order valence-corrected chi connectivity index (χ0v) is 11.8. The second-order valence-electron chi connectivity index (χ2n) is 4.98. The quantitative estimate of drug-likeness (QED) is 0.529. The lowest BCUT2D eigenvalue weighted by Crippen LogP contribution is -2.19. The Balaban J connectivity index is 2.29. The first-order valence-electron chi connectivity index (χ1n) is 6.78. The summed E-state index contributed by atoms with van der Waals surface area (Å²) in [4.78, 5) is 0. The van der Waals surface area contributed by atoms with E-state index in [-0.39, 0.29) is 0 Å². The van der Waals surface area contributed by atoms with Crippen LogP contribution in [0.4, 0.5) is 0 Å². The number of hydrogen-bond acceptors (Lipinski definition) is 2. The molecule has 0 radical (unpaired) electrons. The molecule has 2 N–H and O–H groups in total. The van der Waals surface area contributed by atoms with Gasteiger partial charge < -0.3 is 10.6 Å². The van der Waals surface area contributed by atoms with E-state index in [1.54, 1.807) is 0 Å². The number of rotatable bonds is 7. The van der Waals surface area contributed by atoms with Gasteiger partial charge in [0.25, 0.3) is 0 Å². The third kappa shape index (κ3) is 5.76. The van der Waals surface area contributed by atoms with Crippen LogP contribution in [0.2, 0.25) is 0 Å². The van der Waals surface area contributed by atoms with Crippen molar-refractivity contribution < 1.29 is 0 Å². The Morgan fingerprint density at radius 1 is 1.44 bits per heavy atom. The SMILES string of the molecule is C=C(/C=C\C1=C(C)NCCC1)CCCNC(=C)C. The first kappa shape index (κ1) is 14.6. The van der Waals surface area contributed by atoms with Crippen molar-refractivity contribution in [2.75, 3.05) is 13.1 Å². The van der Waals surface area contributed by atoms with E-state index in [1.165, 1.54) is 29.7 Å². The van der Waals surface area contributed by atoms with Gasteiger partial charge in [-0.15, -0.1) is 0 Å². The maximum Gasteiger partial charge on any atom is 0.0147 e. The van der Waals surface area contributed by atoms with E-state index in [0.29, 0.717) is 0 Å². The van der Waals surface area contributed by atoms with Gasteiger partial charge in [-0.1, -0.05) is 30.9 Å². The van der Waals surface area contributed by atoms with Gasteiger partial charge in [0.1, 0.15) is 0 Å². The molecule has 1 aliphatic heterocycles. The molecule has 0 unspecified atom stereocenters. The van der Waals surface area contributed by atoms with Crippen molar-refractivity contribution in [3.05, 3.63) is 47.9 Å². The van der Waals surface area contributed by atoms with Gasteiger partial charge in [0.2, 0.25) is 0 Å². The summed E-state index contributed by atoms with van der Waals surface area (Å²) in [5, 5.41) is 6.63. The van der Waals surface area contributed by atoms with Crippen LogP contribution in [0.5, 0.6) is 0 Å². The van der Waals surface area contributed by atoms with Crippen molar-refractivity contribution in [1.82, 2.24) is 10.6 Å². The predicted octanol–water partition coefficient (Wildman–Crippen LogP) is 3.66. The first-order chi connectivity index (χ1) is 8.59. The van der Waals surface area contributed by atoms with Crippen molar-refractivity contribution in [3.63, 3.8) is 0 Å². The summed E-state index contributed by atoms with van der Waals surface area (Å²) in [7, 11) is 0. The van der Waals surface area contributed by atoms with Crippen LogP contribution in [-0.2, 0) is 0 Å². The number of nitrogens with one attached hydrogen (secondary N) is 2. The summed E-state index contributed by atoms with van der Waals surface area (Å²) < 4.78 is 0. The Labute approximate surface area is 112 Å². The molecular weight excluding hydrogens is 220 g/mol. The van der Waals surface area contributed by atoms with Crippen LogP contribution in [-0.4, -0.2) is 13.1 Å². The zero-order valence-electron chi connectivity index (χ0n) is 11.8. The molecule has 0 bridgehead atoms. The fourth-order valence-electron chi connectivity index (χ4n) is 1.98.